The topological polar surface area (TPSA) is 49.0 Å². The molecule has 1 N–H and O–H groups in total. The minimum absolute atomic E-state index is 0. The molecule has 0 atom stereocenters. The van der Waals surface area contributed by atoms with Crippen LogP contribution in [0.4, 0.5) is 0 Å². The normalized spacial score (nSPS) is 12.0. The highest BCUT2D eigenvalue weighted by Gasteiger charge is 2.15. The number of methoxy groups -OCH3 is 1. The summed E-state index contributed by atoms with van der Waals surface area (Å²) >= 11 is 3.61. The van der Waals surface area contributed by atoms with Gasteiger partial charge in [0.05, 0.1) is 11.6 Å². The quantitative estimate of drug-likeness (QED) is 0.607. The summed E-state index contributed by atoms with van der Waals surface area (Å²) in [4.78, 5) is 0. The van der Waals surface area contributed by atoms with E-state index in [1.807, 2.05) is 24.3 Å². The van der Waals surface area contributed by atoms with Crippen LogP contribution in [-0.4, -0.2) is 20.4 Å². The Morgan fingerprint density at radius 1 is 1.11 bits per heavy atom. The van der Waals surface area contributed by atoms with Gasteiger partial charge in [0.15, 0.2) is 23.0 Å². The van der Waals surface area contributed by atoms with Gasteiger partial charge in [-0.2, -0.15) is 0 Å². The van der Waals surface area contributed by atoms with Crippen LogP contribution < -0.4 is 24.3 Å². The van der Waals surface area contributed by atoms with E-state index in [9.17, 15) is 0 Å². The summed E-state index contributed by atoms with van der Waals surface area (Å²) in [7, 11) is 1.65. The van der Waals surface area contributed by atoms with Gasteiger partial charge < -0.3 is 24.3 Å². The summed E-state index contributed by atoms with van der Waals surface area (Å²) in [5.41, 5.74) is 2.15. The standard InChI is InChI=1S/C20H24BrNO4.ClH/c1-13(2)9-22-10-15-6-16(21)20(19(8-15)23-3)24-11-14-4-5-17-18(7-14)26-12-25-17;/h4-8,13,22H,9-12H2,1-3H3;1H. The monoisotopic (exact) mass is 457 g/mol. The van der Waals surface area contributed by atoms with Gasteiger partial charge in [0.2, 0.25) is 6.79 Å². The predicted octanol–water partition coefficient (Wildman–Crippen LogP) is 4.93. The molecule has 2 aromatic carbocycles. The van der Waals surface area contributed by atoms with E-state index < -0.39 is 0 Å². The Labute approximate surface area is 174 Å². The zero-order valence-electron chi connectivity index (χ0n) is 15.7. The van der Waals surface area contributed by atoms with Crippen molar-refractivity contribution in [2.24, 2.45) is 5.92 Å². The molecule has 2 aromatic rings. The second-order valence-corrected chi connectivity index (χ2v) is 7.46. The van der Waals surface area contributed by atoms with Gasteiger partial charge in [-0.3, -0.25) is 0 Å². The van der Waals surface area contributed by atoms with Crippen molar-refractivity contribution in [2.45, 2.75) is 27.0 Å². The molecule has 0 radical (unpaired) electrons. The van der Waals surface area contributed by atoms with Gasteiger partial charge in [-0.05, 0) is 63.8 Å². The van der Waals surface area contributed by atoms with Crippen molar-refractivity contribution in [1.29, 1.82) is 0 Å². The Hall–Kier alpha value is -1.63. The molecule has 0 spiro atoms. The van der Waals surface area contributed by atoms with Crippen molar-refractivity contribution in [3.8, 4) is 23.0 Å². The number of ether oxygens (including phenoxy) is 4. The lowest BCUT2D eigenvalue weighted by Gasteiger charge is -2.15. The molecular weight excluding hydrogens is 434 g/mol. The molecule has 1 aliphatic heterocycles. The summed E-state index contributed by atoms with van der Waals surface area (Å²) in [6.07, 6.45) is 0. The van der Waals surface area contributed by atoms with Gasteiger partial charge in [-0.1, -0.05) is 19.9 Å². The molecule has 0 bridgehead atoms. The molecule has 27 heavy (non-hydrogen) atoms. The fraction of sp³-hybridized carbons (Fsp3) is 0.400. The molecular formula is C20H25BrClNO4. The molecule has 0 unspecified atom stereocenters. The first-order chi connectivity index (χ1) is 12.6. The van der Waals surface area contributed by atoms with Gasteiger partial charge in [-0.25, -0.2) is 0 Å². The van der Waals surface area contributed by atoms with Gasteiger partial charge >= 0.3 is 0 Å². The van der Waals surface area contributed by atoms with E-state index in [4.69, 9.17) is 18.9 Å². The first-order valence-corrected chi connectivity index (χ1v) is 9.44. The molecule has 0 fully saturated rings. The van der Waals surface area contributed by atoms with Crippen molar-refractivity contribution in [2.75, 3.05) is 20.4 Å². The molecule has 7 heteroatoms. The molecule has 148 valence electrons. The zero-order chi connectivity index (χ0) is 18.5. The maximum atomic E-state index is 6.01. The molecule has 3 rings (SSSR count). The van der Waals surface area contributed by atoms with Gasteiger partial charge in [0.25, 0.3) is 0 Å². The molecule has 0 saturated carbocycles. The Morgan fingerprint density at radius 3 is 2.63 bits per heavy atom. The van der Waals surface area contributed by atoms with Crippen LogP contribution in [0.3, 0.4) is 0 Å². The van der Waals surface area contributed by atoms with Crippen LogP contribution in [0.15, 0.2) is 34.8 Å². The van der Waals surface area contributed by atoms with E-state index in [0.29, 0.717) is 24.0 Å². The lowest BCUT2D eigenvalue weighted by Crippen LogP contribution is -2.19. The minimum atomic E-state index is 0. The maximum Gasteiger partial charge on any atom is 0.231 e. The number of halogens is 2. The van der Waals surface area contributed by atoms with E-state index in [1.165, 1.54) is 0 Å². The third kappa shape index (κ3) is 5.67. The smallest absolute Gasteiger partial charge is 0.231 e. The second-order valence-electron chi connectivity index (χ2n) is 6.61. The molecule has 0 aliphatic carbocycles. The Kier molecular flexibility index (Phi) is 8.07. The third-order valence-corrected chi connectivity index (χ3v) is 4.58. The van der Waals surface area contributed by atoms with Crippen LogP contribution in [0.25, 0.3) is 0 Å². The summed E-state index contributed by atoms with van der Waals surface area (Å²) in [5, 5.41) is 3.44. The van der Waals surface area contributed by atoms with Crippen molar-refractivity contribution < 1.29 is 18.9 Å². The largest absolute Gasteiger partial charge is 0.493 e. The number of hydrogen-bond donors (Lipinski definition) is 1. The molecule has 0 amide bonds. The Bertz CT molecular complexity index is 770. The van der Waals surface area contributed by atoms with Crippen molar-refractivity contribution in [3.05, 3.63) is 45.9 Å². The fourth-order valence-electron chi connectivity index (χ4n) is 2.71. The van der Waals surface area contributed by atoms with Crippen molar-refractivity contribution >= 4 is 28.3 Å². The first kappa shape index (κ1) is 21.7. The Morgan fingerprint density at radius 2 is 1.89 bits per heavy atom. The van der Waals surface area contributed by atoms with E-state index in [-0.39, 0.29) is 19.2 Å². The number of nitrogens with one attached hydrogen (secondary N) is 1. The lowest BCUT2D eigenvalue weighted by atomic mass is 10.1. The lowest BCUT2D eigenvalue weighted by molar-refractivity contribution is 0.174. The predicted molar refractivity (Wildman–Crippen MR) is 111 cm³/mol. The average Bonchev–Trinajstić information content (AvgIpc) is 3.07. The van der Waals surface area contributed by atoms with Crippen LogP contribution in [0.5, 0.6) is 23.0 Å². The van der Waals surface area contributed by atoms with Crippen LogP contribution >= 0.6 is 28.3 Å². The fourth-order valence-corrected chi connectivity index (χ4v) is 3.31. The highest BCUT2D eigenvalue weighted by Crippen LogP contribution is 2.38. The summed E-state index contributed by atoms with van der Waals surface area (Å²) in [6.45, 7) is 6.83. The SMILES string of the molecule is COc1cc(CNCC(C)C)cc(Br)c1OCc1ccc2c(c1)OCO2.Cl. The van der Waals surface area contributed by atoms with Crippen molar-refractivity contribution in [3.63, 3.8) is 0 Å². The molecule has 5 nitrogen and oxygen atoms in total. The molecule has 0 saturated heterocycles. The Balaban J connectivity index is 0.00000261. The second kappa shape index (κ2) is 10.1. The van der Waals surface area contributed by atoms with Crippen LogP contribution in [0.2, 0.25) is 0 Å². The van der Waals surface area contributed by atoms with E-state index >= 15 is 0 Å². The molecule has 1 heterocycles. The highest BCUT2D eigenvalue weighted by molar-refractivity contribution is 9.10. The van der Waals surface area contributed by atoms with Crippen molar-refractivity contribution in [1.82, 2.24) is 5.32 Å². The summed E-state index contributed by atoms with van der Waals surface area (Å²) in [5.74, 6) is 3.54. The van der Waals surface area contributed by atoms with E-state index in [2.05, 4.69) is 41.2 Å². The highest BCUT2D eigenvalue weighted by atomic mass is 79.9. The molecule has 1 aliphatic rings. The third-order valence-electron chi connectivity index (χ3n) is 3.99. The minimum Gasteiger partial charge on any atom is -0.493 e. The average molecular weight is 459 g/mol. The maximum absolute atomic E-state index is 6.01. The van der Waals surface area contributed by atoms with Crippen LogP contribution in [0, 0.1) is 5.92 Å². The number of fused-ring (bicyclic) bond motifs is 1. The van der Waals surface area contributed by atoms with E-state index in [0.717, 1.165) is 40.2 Å². The zero-order valence-corrected chi connectivity index (χ0v) is 18.1. The molecule has 0 aromatic heterocycles. The van der Waals surface area contributed by atoms with E-state index in [1.54, 1.807) is 7.11 Å². The van der Waals surface area contributed by atoms with Gasteiger partial charge in [0.1, 0.15) is 6.61 Å². The summed E-state index contributed by atoms with van der Waals surface area (Å²) in [6, 6.07) is 9.87. The van der Waals surface area contributed by atoms with Crippen LogP contribution in [0.1, 0.15) is 25.0 Å². The summed E-state index contributed by atoms with van der Waals surface area (Å²) < 4.78 is 23.2. The number of rotatable bonds is 8. The first-order valence-electron chi connectivity index (χ1n) is 8.65. The van der Waals surface area contributed by atoms with Crippen LogP contribution in [-0.2, 0) is 13.2 Å². The van der Waals surface area contributed by atoms with Gasteiger partial charge in [-0.15, -0.1) is 12.4 Å². The number of benzene rings is 2. The van der Waals surface area contributed by atoms with Gasteiger partial charge in [0, 0.05) is 6.54 Å². The number of hydrogen-bond acceptors (Lipinski definition) is 5.